The van der Waals surface area contributed by atoms with Crippen LogP contribution in [0.5, 0.6) is 0 Å². The van der Waals surface area contributed by atoms with Crippen LogP contribution >= 0.6 is 11.6 Å². The first-order chi connectivity index (χ1) is 7.90. The van der Waals surface area contributed by atoms with Gasteiger partial charge in [0.1, 0.15) is 5.15 Å². The number of hydrogen-bond donors (Lipinski definition) is 1. The Morgan fingerprint density at radius 2 is 2.24 bits per heavy atom. The van der Waals surface area contributed by atoms with Gasteiger partial charge in [0, 0.05) is 19.6 Å². The molecule has 96 valence electrons. The molecule has 1 fully saturated rings. The molecule has 2 rings (SSSR count). The molecule has 6 nitrogen and oxygen atoms in total. The van der Waals surface area contributed by atoms with Gasteiger partial charge in [-0.25, -0.2) is 18.1 Å². The number of hydrogen-bond acceptors (Lipinski definition) is 4. The Morgan fingerprint density at radius 1 is 1.53 bits per heavy atom. The van der Waals surface area contributed by atoms with E-state index in [0.29, 0.717) is 6.54 Å². The lowest BCUT2D eigenvalue weighted by molar-refractivity contribution is 0.407. The molecule has 0 spiro atoms. The van der Waals surface area contributed by atoms with Crippen molar-refractivity contribution in [2.45, 2.75) is 17.5 Å². The Balaban J connectivity index is 2.17. The van der Waals surface area contributed by atoms with Crippen molar-refractivity contribution in [2.24, 2.45) is 7.05 Å². The maximum atomic E-state index is 12.0. The summed E-state index contributed by atoms with van der Waals surface area (Å²) >= 11 is 5.88. The SMILES string of the molecule is CN1CCC(NS(=O)(=O)c2ncn(C)c2Cl)C1. The number of likely N-dealkylation sites (N-methyl/N-ethyl adjacent to an activating group) is 1. The fourth-order valence-electron chi connectivity index (χ4n) is 1.88. The van der Waals surface area contributed by atoms with Gasteiger partial charge in [0.2, 0.25) is 5.03 Å². The number of aryl methyl sites for hydroxylation is 1. The monoisotopic (exact) mass is 278 g/mol. The summed E-state index contributed by atoms with van der Waals surface area (Å²) in [5, 5.41) is 0.0278. The topological polar surface area (TPSA) is 67.2 Å². The van der Waals surface area contributed by atoms with E-state index in [9.17, 15) is 8.42 Å². The van der Waals surface area contributed by atoms with Crippen molar-refractivity contribution in [1.29, 1.82) is 0 Å². The molecule has 0 bridgehead atoms. The van der Waals surface area contributed by atoms with E-state index in [1.807, 2.05) is 7.05 Å². The van der Waals surface area contributed by atoms with Crippen LogP contribution in [0.25, 0.3) is 0 Å². The van der Waals surface area contributed by atoms with E-state index < -0.39 is 10.0 Å². The van der Waals surface area contributed by atoms with Crippen LogP contribution in [0.2, 0.25) is 5.15 Å². The summed E-state index contributed by atoms with van der Waals surface area (Å²) in [6.07, 6.45) is 2.19. The fraction of sp³-hybridized carbons (Fsp3) is 0.667. The smallest absolute Gasteiger partial charge is 0.261 e. The molecular formula is C9H15ClN4O2S. The van der Waals surface area contributed by atoms with Crippen LogP contribution in [0.1, 0.15) is 6.42 Å². The predicted octanol–water partition coefficient (Wildman–Crippen LogP) is 0.0559. The molecule has 17 heavy (non-hydrogen) atoms. The summed E-state index contributed by atoms with van der Waals surface area (Å²) in [7, 11) is -0.00667. The number of nitrogens with one attached hydrogen (secondary N) is 1. The molecule has 1 N–H and O–H groups in total. The van der Waals surface area contributed by atoms with E-state index in [-0.39, 0.29) is 16.2 Å². The zero-order valence-corrected chi connectivity index (χ0v) is 11.3. The first kappa shape index (κ1) is 12.8. The van der Waals surface area contributed by atoms with Crippen molar-refractivity contribution in [2.75, 3.05) is 20.1 Å². The highest BCUT2D eigenvalue weighted by Crippen LogP contribution is 2.19. The number of aromatic nitrogens is 2. The van der Waals surface area contributed by atoms with Gasteiger partial charge in [0.05, 0.1) is 6.33 Å². The summed E-state index contributed by atoms with van der Waals surface area (Å²) in [5.41, 5.74) is 0. The molecule has 1 atom stereocenters. The Morgan fingerprint density at radius 3 is 2.71 bits per heavy atom. The summed E-state index contributed by atoms with van der Waals surface area (Å²) in [6.45, 7) is 1.60. The lowest BCUT2D eigenvalue weighted by atomic mass is 10.3. The van der Waals surface area contributed by atoms with Gasteiger partial charge in [-0.2, -0.15) is 0 Å². The van der Waals surface area contributed by atoms with Crippen LogP contribution in [-0.2, 0) is 17.1 Å². The molecule has 0 radical (unpaired) electrons. The van der Waals surface area contributed by atoms with Crippen LogP contribution in [-0.4, -0.2) is 49.0 Å². The Bertz CT molecular complexity index is 513. The molecule has 1 unspecified atom stereocenters. The van der Waals surface area contributed by atoms with Crippen molar-refractivity contribution in [3.63, 3.8) is 0 Å². The Labute approximate surface area is 106 Å². The van der Waals surface area contributed by atoms with E-state index >= 15 is 0 Å². The van der Waals surface area contributed by atoms with Gasteiger partial charge in [-0.1, -0.05) is 11.6 Å². The zero-order valence-electron chi connectivity index (χ0n) is 9.72. The van der Waals surface area contributed by atoms with Crippen LogP contribution in [0.3, 0.4) is 0 Å². The summed E-state index contributed by atoms with van der Waals surface area (Å²) in [4.78, 5) is 5.89. The van der Waals surface area contributed by atoms with Crippen LogP contribution in [0, 0.1) is 0 Å². The van der Waals surface area contributed by atoms with E-state index in [1.54, 1.807) is 7.05 Å². The lowest BCUT2D eigenvalue weighted by Crippen LogP contribution is -2.36. The minimum Gasteiger partial charge on any atom is -0.324 e. The van der Waals surface area contributed by atoms with Gasteiger partial charge in [-0.3, -0.25) is 0 Å². The van der Waals surface area contributed by atoms with E-state index in [0.717, 1.165) is 13.0 Å². The van der Waals surface area contributed by atoms with Crippen LogP contribution in [0.4, 0.5) is 0 Å². The van der Waals surface area contributed by atoms with Gasteiger partial charge in [0.15, 0.2) is 0 Å². The molecule has 1 saturated heterocycles. The number of sulfonamides is 1. The average molecular weight is 279 g/mol. The quantitative estimate of drug-likeness (QED) is 0.849. The van der Waals surface area contributed by atoms with Gasteiger partial charge in [0.25, 0.3) is 10.0 Å². The fourth-order valence-corrected chi connectivity index (χ4v) is 3.57. The van der Waals surface area contributed by atoms with Gasteiger partial charge in [-0.15, -0.1) is 0 Å². The van der Waals surface area contributed by atoms with Gasteiger partial charge in [-0.05, 0) is 20.0 Å². The molecular weight excluding hydrogens is 264 g/mol. The molecule has 8 heteroatoms. The van der Waals surface area contributed by atoms with Crippen molar-refractivity contribution < 1.29 is 8.42 Å². The van der Waals surface area contributed by atoms with Crippen molar-refractivity contribution in [1.82, 2.24) is 19.2 Å². The third-order valence-corrected chi connectivity index (χ3v) is 4.81. The lowest BCUT2D eigenvalue weighted by Gasteiger charge is -2.12. The highest BCUT2D eigenvalue weighted by Gasteiger charge is 2.28. The third-order valence-electron chi connectivity index (χ3n) is 2.80. The molecule has 2 heterocycles. The second kappa shape index (κ2) is 4.56. The van der Waals surface area contributed by atoms with E-state index in [4.69, 9.17) is 11.6 Å². The van der Waals surface area contributed by atoms with E-state index in [1.165, 1.54) is 10.9 Å². The van der Waals surface area contributed by atoms with E-state index in [2.05, 4.69) is 14.6 Å². The number of nitrogens with zero attached hydrogens (tertiary/aromatic N) is 3. The highest BCUT2D eigenvalue weighted by atomic mass is 35.5. The number of halogens is 1. The number of likely N-dealkylation sites (tertiary alicyclic amines) is 1. The standard InChI is InChI=1S/C9H15ClN4O2S/c1-13-4-3-7(5-13)12-17(15,16)9-8(10)14(2)6-11-9/h6-7,12H,3-5H2,1-2H3. The molecule has 0 saturated carbocycles. The van der Waals surface area contributed by atoms with Crippen LogP contribution < -0.4 is 4.72 Å². The zero-order chi connectivity index (χ0) is 12.6. The Hall–Kier alpha value is -0.630. The van der Waals surface area contributed by atoms with Crippen molar-refractivity contribution in [3.8, 4) is 0 Å². The third kappa shape index (κ3) is 2.62. The average Bonchev–Trinajstić information content (AvgIpc) is 2.75. The summed E-state index contributed by atoms with van der Waals surface area (Å²) in [6, 6.07) is -0.0666. The Kier molecular flexibility index (Phi) is 3.44. The van der Waals surface area contributed by atoms with Crippen molar-refractivity contribution >= 4 is 21.6 Å². The van der Waals surface area contributed by atoms with Crippen molar-refractivity contribution in [3.05, 3.63) is 11.5 Å². The van der Waals surface area contributed by atoms with Crippen LogP contribution in [0.15, 0.2) is 11.4 Å². The molecule has 0 amide bonds. The summed E-state index contributed by atoms with van der Waals surface area (Å²) in [5.74, 6) is 0. The molecule has 1 aromatic rings. The maximum absolute atomic E-state index is 12.0. The first-order valence-corrected chi connectivity index (χ1v) is 7.14. The summed E-state index contributed by atoms with van der Waals surface area (Å²) < 4.78 is 28.2. The molecule has 0 aliphatic carbocycles. The molecule has 0 aromatic carbocycles. The minimum absolute atomic E-state index is 0.0666. The van der Waals surface area contributed by atoms with Gasteiger partial charge < -0.3 is 9.47 Å². The largest absolute Gasteiger partial charge is 0.324 e. The second-order valence-electron chi connectivity index (χ2n) is 4.32. The second-order valence-corrected chi connectivity index (χ2v) is 6.31. The van der Waals surface area contributed by atoms with Gasteiger partial charge >= 0.3 is 0 Å². The molecule has 1 aliphatic heterocycles. The number of imidazole rings is 1. The molecule has 1 aromatic heterocycles. The minimum atomic E-state index is -3.62. The maximum Gasteiger partial charge on any atom is 0.261 e. The number of rotatable bonds is 3. The first-order valence-electron chi connectivity index (χ1n) is 5.28. The normalized spacial score (nSPS) is 22.2. The highest BCUT2D eigenvalue weighted by molar-refractivity contribution is 7.89. The molecule has 1 aliphatic rings. The predicted molar refractivity (Wildman–Crippen MR) is 64.4 cm³/mol.